The number of aliphatic imine (C=N–C) groups is 2. The third-order valence-corrected chi connectivity index (χ3v) is 6.28. The van der Waals surface area contributed by atoms with Gasteiger partial charge in [-0.05, 0) is 42.5 Å². The topological polar surface area (TPSA) is 166 Å². The number of guanidine groups is 1. The smallest absolute Gasteiger partial charge is 0.280 e. The van der Waals surface area contributed by atoms with Crippen molar-refractivity contribution < 1.29 is 22.7 Å². The molecule has 0 saturated carbocycles. The number of carbonyl (C=O) groups is 2. The Morgan fingerprint density at radius 3 is 2.44 bits per heavy atom. The van der Waals surface area contributed by atoms with E-state index in [9.17, 15) is 18.0 Å². The summed E-state index contributed by atoms with van der Waals surface area (Å²) in [5, 5.41) is 3.85. The van der Waals surface area contributed by atoms with E-state index in [-0.39, 0.29) is 27.7 Å². The first-order valence-corrected chi connectivity index (χ1v) is 12.2. The maximum Gasteiger partial charge on any atom is 0.280 e. The van der Waals surface area contributed by atoms with Crippen LogP contribution in [0.25, 0.3) is 0 Å². The Bertz CT molecular complexity index is 1200. The van der Waals surface area contributed by atoms with E-state index in [0.29, 0.717) is 17.9 Å². The summed E-state index contributed by atoms with van der Waals surface area (Å²) in [5.41, 5.74) is 10.9. The minimum Gasteiger partial charge on any atom is -0.456 e. The molecule has 1 aliphatic heterocycles. The monoisotopic (exact) mass is 475 g/mol. The highest BCUT2D eigenvalue weighted by atomic mass is 32.2. The number of ketones is 1. The van der Waals surface area contributed by atoms with Gasteiger partial charge in [-0.1, -0.05) is 11.8 Å². The second-order valence-corrected chi connectivity index (χ2v) is 9.68. The summed E-state index contributed by atoms with van der Waals surface area (Å²) in [7, 11) is -3.74. The van der Waals surface area contributed by atoms with Crippen molar-refractivity contribution in [1.82, 2.24) is 5.32 Å². The zero-order valence-corrected chi connectivity index (χ0v) is 18.7. The third kappa shape index (κ3) is 6.08. The molecule has 0 radical (unpaired) electrons. The van der Waals surface area contributed by atoms with Gasteiger partial charge in [0.15, 0.2) is 26.7 Å². The van der Waals surface area contributed by atoms with E-state index in [1.54, 1.807) is 24.3 Å². The number of nitrogens with one attached hydrogen (secondary N) is 1. The van der Waals surface area contributed by atoms with Crippen LogP contribution in [-0.4, -0.2) is 56.3 Å². The average molecular weight is 476 g/mol. The molecular weight excluding hydrogens is 454 g/mol. The number of ether oxygens (including phenoxy) is 1. The average Bonchev–Trinajstić information content (AvgIpc) is 3.25. The van der Waals surface area contributed by atoms with Gasteiger partial charge in [0.25, 0.3) is 5.91 Å². The Hall–Kier alpha value is -3.38. The Morgan fingerprint density at radius 2 is 1.84 bits per heavy atom. The van der Waals surface area contributed by atoms with Crippen LogP contribution in [0.1, 0.15) is 20.7 Å². The minimum absolute atomic E-state index is 0.00835. The Labute approximate surface area is 189 Å². The summed E-state index contributed by atoms with van der Waals surface area (Å²) >= 11 is 1.34. The molecule has 5 N–H and O–H groups in total. The maximum atomic E-state index is 12.4. The Balaban J connectivity index is 1.76. The number of rotatable bonds is 7. The largest absolute Gasteiger partial charge is 0.456 e. The lowest BCUT2D eigenvalue weighted by Crippen LogP contribution is -2.24. The summed E-state index contributed by atoms with van der Waals surface area (Å²) in [6.45, 7) is 1.49. The van der Waals surface area contributed by atoms with Crippen LogP contribution >= 0.6 is 11.8 Å². The lowest BCUT2D eigenvalue weighted by molar-refractivity contribution is 0.0999. The Morgan fingerprint density at radius 1 is 1.16 bits per heavy atom. The lowest BCUT2D eigenvalue weighted by atomic mass is 10.1. The number of carbonyl (C=O) groups excluding carboxylic acids is 2. The van der Waals surface area contributed by atoms with Crippen LogP contribution in [0.5, 0.6) is 11.5 Å². The van der Waals surface area contributed by atoms with Gasteiger partial charge in [-0.2, -0.15) is 4.99 Å². The molecule has 0 fully saturated rings. The standard InChI is InChI=1S/C20H21N5O5S2/c1-32(28,29)17-10-13(18(27)25-19(21)22)4-7-16(17)30-14-5-2-12(3-6-14)15(26)11-31-20-23-8-9-24-20/h2-7,10H,8-9,11H2,1H3,(H,23,24)(H4,21,22,25,27). The van der Waals surface area contributed by atoms with Crippen LogP contribution in [0.4, 0.5) is 0 Å². The van der Waals surface area contributed by atoms with Crippen molar-refractivity contribution >= 4 is 44.4 Å². The number of hydrogen-bond donors (Lipinski definition) is 3. The second kappa shape index (κ2) is 9.83. The highest BCUT2D eigenvalue weighted by Gasteiger charge is 2.19. The fourth-order valence-corrected chi connectivity index (χ4v) is 4.36. The molecule has 12 heteroatoms. The first-order chi connectivity index (χ1) is 15.1. The number of hydrogen-bond acceptors (Lipinski definition) is 8. The van der Waals surface area contributed by atoms with Gasteiger partial charge in [0.1, 0.15) is 16.4 Å². The number of benzene rings is 2. The van der Waals surface area contributed by atoms with Crippen molar-refractivity contribution in [3.8, 4) is 11.5 Å². The number of nitrogens with two attached hydrogens (primary N) is 2. The first-order valence-electron chi connectivity index (χ1n) is 9.34. The zero-order chi connectivity index (χ0) is 23.3. The van der Waals surface area contributed by atoms with Crippen LogP contribution in [0.2, 0.25) is 0 Å². The molecule has 3 rings (SSSR count). The highest BCUT2D eigenvalue weighted by molar-refractivity contribution is 8.14. The van der Waals surface area contributed by atoms with Gasteiger partial charge in [0, 0.05) is 23.9 Å². The van der Waals surface area contributed by atoms with Crippen molar-refractivity contribution in [2.24, 2.45) is 21.5 Å². The van der Waals surface area contributed by atoms with Gasteiger partial charge < -0.3 is 21.5 Å². The number of amides is 1. The predicted octanol–water partition coefficient (Wildman–Crippen LogP) is 1.17. The lowest BCUT2D eigenvalue weighted by Gasteiger charge is -2.11. The van der Waals surface area contributed by atoms with E-state index >= 15 is 0 Å². The SMILES string of the molecule is CS(=O)(=O)c1cc(C(=O)N=C(N)N)ccc1Oc1ccc(C(=O)CSC2=NCCN2)cc1. The molecule has 0 atom stereocenters. The van der Waals surface area contributed by atoms with Crippen molar-refractivity contribution in [3.05, 3.63) is 53.6 Å². The normalized spacial score (nSPS) is 13.1. The van der Waals surface area contributed by atoms with Gasteiger partial charge >= 0.3 is 0 Å². The fourth-order valence-electron chi connectivity index (χ4n) is 2.72. The van der Waals surface area contributed by atoms with Crippen molar-refractivity contribution in [3.63, 3.8) is 0 Å². The van der Waals surface area contributed by atoms with E-state index < -0.39 is 21.7 Å². The van der Waals surface area contributed by atoms with Crippen molar-refractivity contribution in [2.45, 2.75) is 4.90 Å². The molecule has 10 nitrogen and oxygen atoms in total. The van der Waals surface area contributed by atoms with E-state index in [1.165, 1.54) is 23.9 Å². The zero-order valence-electron chi connectivity index (χ0n) is 17.1. The molecule has 32 heavy (non-hydrogen) atoms. The number of amidine groups is 1. The highest BCUT2D eigenvalue weighted by Crippen LogP contribution is 2.30. The molecule has 1 aliphatic rings. The van der Waals surface area contributed by atoms with Crippen molar-refractivity contribution in [1.29, 1.82) is 0 Å². The number of sulfone groups is 1. The summed E-state index contributed by atoms with van der Waals surface area (Å²) < 4.78 is 30.2. The third-order valence-electron chi connectivity index (χ3n) is 4.21. The molecule has 1 heterocycles. The van der Waals surface area contributed by atoms with Gasteiger partial charge in [0.2, 0.25) is 0 Å². The molecule has 0 aliphatic carbocycles. The second-order valence-electron chi connectivity index (χ2n) is 6.73. The molecule has 0 aromatic heterocycles. The Kier molecular flexibility index (Phi) is 7.15. The van der Waals surface area contributed by atoms with Crippen LogP contribution in [0, 0.1) is 0 Å². The van der Waals surface area contributed by atoms with Crippen molar-refractivity contribution in [2.75, 3.05) is 25.1 Å². The van der Waals surface area contributed by atoms with Crippen LogP contribution in [0.15, 0.2) is 57.3 Å². The van der Waals surface area contributed by atoms with Crippen LogP contribution in [0.3, 0.4) is 0 Å². The molecule has 0 spiro atoms. The molecule has 0 unspecified atom stereocenters. The molecular formula is C20H21N5O5S2. The van der Waals surface area contributed by atoms with Gasteiger partial charge in [-0.3, -0.25) is 14.6 Å². The fraction of sp³-hybridized carbons (Fsp3) is 0.200. The summed E-state index contributed by atoms with van der Waals surface area (Å²) in [4.78, 5) is 31.8. The number of Topliss-reactive ketones (excluding diaryl/α,β-unsaturated/α-hetero) is 1. The number of nitrogens with zero attached hydrogens (tertiary/aromatic N) is 2. The van der Waals surface area contributed by atoms with E-state index in [1.807, 2.05) is 0 Å². The van der Waals surface area contributed by atoms with Gasteiger partial charge in [0.05, 0.1) is 12.3 Å². The van der Waals surface area contributed by atoms with Gasteiger partial charge in [-0.15, -0.1) is 0 Å². The first kappa shape index (κ1) is 23.3. The molecule has 0 saturated heterocycles. The van der Waals surface area contributed by atoms with E-state index in [2.05, 4.69) is 15.3 Å². The molecule has 1 amide bonds. The van der Waals surface area contributed by atoms with E-state index in [0.717, 1.165) is 24.0 Å². The van der Waals surface area contributed by atoms with E-state index in [4.69, 9.17) is 16.2 Å². The number of thioether (sulfide) groups is 1. The molecule has 2 aromatic rings. The van der Waals surface area contributed by atoms with Crippen LogP contribution < -0.4 is 21.5 Å². The summed E-state index contributed by atoms with van der Waals surface area (Å²) in [6.07, 6.45) is 0.993. The summed E-state index contributed by atoms with van der Waals surface area (Å²) in [5.74, 6) is -0.691. The maximum absolute atomic E-state index is 12.4. The van der Waals surface area contributed by atoms with Gasteiger partial charge in [-0.25, -0.2) is 8.42 Å². The predicted molar refractivity (Wildman–Crippen MR) is 123 cm³/mol. The quantitative estimate of drug-likeness (QED) is 0.302. The van der Waals surface area contributed by atoms with Crippen LogP contribution in [-0.2, 0) is 9.84 Å². The molecule has 0 bridgehead atoms. The minimum atomic E-state index is -3.74. The summed E-state index contributed by atoms with van der Waals surface area (Å²) in [6, 6.07) is 10.2. The molecule has 2 aromatic carbocycles. The molecule has 168 valence electrons.